The van der Waals surface area contributed by atoms with Crippen LogP contribution in [-0.2, 0) is 0 Å². The molecular weight excluding hydrogens is 160 g/mol. The predicted molar refractivity (Wildman–Crippen MR) is 57.4 cm³/mol. The van der Waals surface area contributed by atoms with Gasteiger partial charge in [0.05, 0.1) is 0 Å². The number of nitrogens with zero attached hydrogens (tertiary/aromatic N) is 1. The molecule has 2 nitrogen and oxygen atoms in total. The predicted octanol–water partition coefficient (Wildman–Crippen LogP) is 2.62. The van der Waals surface area contributed by atoms with Crippen LogP contribution in [0.15, 0.2) is 41.2 Å². The van der Waals surface area contributed by atoms with Gasteiger partial charge in [-0.15, -0.1) is 0 Å². The first-order chi connectivity index (χ1) is 6.19. The Morgan fingerprint density at radius 1 is 1.54 bits per heavy atom. The van der Waals surface area contributed by atoms with Crippen LogP contribution in [0.5, 0.6) is 0 Å². The molecule has 1 heterocycles. The first kappa shape index (κ1) is 9.78. The van der Waals surface area contributed by atoms with E-state index in [4.69, 9.17) is 0 Å². The molecule has 0 aromatic rings. The first-order valence-corrected chi connectivity index (χ1v) is 4.53. The summed E-state index contributed by atoms with van der Waals surface area (Å²) in [6.45, 7) is 9.91. The van der Waals surface area contributed by atoms with Crippen LogP contribution < -0.4 is 5.32 Å². The van der Waals surface area contributed by atoms with Crippen molar-refractivity contribution in [3.05, 3.63) is 36.2 Å². The zero-order valence-corrected chi connectivity index (χ0v) is 8.46. The van der Waals surface area contributed by atoms with Crippen LogP contribution in [-0.4, -0.2) is 5.84 Å². The molecule has 0 aromatic heterocycles. The molecule has 0 amide bonds. The van der Waals surface area contributed by atoms with Crippen LogP contribution in [0.4, 0.5) is 0 Å². The Morgan fingerprint density at radius 2 is 2.23 bits per heavy atom. The van der Waals surface area contributed by atoms with Gasteiger partial charge in [0, 0.05) is 17.5 Å². The van der Waals surface area contributed by atoms with Gasteiger partial charge in [0.1, 0.15) is 5.84 Å². The Kier molecular flexibility index (Phi) is 3.07. The number of aliphatic imine (C=N–C) groups is 1. The fourth-order valence-electron chi connectivity index (χ4n) is 1.21. The highest BCUT2D eigenvalue weighted by Crippen LogP contribution is 2.17. The summed E-state index contributed by atoms with van der Waals surface area (Å²) in [7, 11) is 0. The second-order valence-electron chi connectivity index (χ2n) is 3.28. The number of nitrogens with one attached hydrogen (secondary N) is 1. The van der Waals surface area contributed by atoms with Crippen molar-refractivity contribution < 1.29 is 0 Å². The van der Waals surface area contributed by atoms with Gasteiger partial charge < -0.3 is 5.32 Å². The summed E-state index contributed by atoms with van der Waals surface area (Å²) >= 11 is 0. The lowest BCUT2D eigenvalue weighted by Crippen LogP contribution is -2.19. The average molecular weight is 176 g/mol. The smallest absolute Gasteiger partial charge is 0.137 e. The summed E-state index contributed by atoms with van der Waals surface area (Å²) in [4.78, 5) is 4.16. The summed E-state index contributed by atoms with van der Waals surface area (Å²) in [6.07, 6.45) is 5.74. The Hall–Kier alpha value is -1.31. The summed E-state index contributed by atoms with van der Waals surface area (Å²) in [6, 6.07) is 0. The largest absolute Gasteiger partial charge is 0.343 e. The minimum absolute atomic E-state index is 0.507. The normalized spacial score (nSPS) is 22.3. The molecular formula is C11H16N2. The molecule has 0 saturated carbocycles. The van der Waals surface area contributed by atoms with Crippen LogP contribution in [0.25, 0.3) is 0 Å². The zero-order chi connectivity index (χ0) is 9.84. The third kappa shape index (κ3) is 2.08. The zero-order valence-electron chi connectivity index (χ0n) is 8.46. The van der Waals surface area contributed by atoms with E-state index in [0.717, 1.165) is 11.4 Å². The molecule has 0 aliphatic carbocycles. The minimum Gasteiger partial charge on any atom is -0.343 e. The molecule has 0 radical (unpaired) electrons. The standard InChI is InChI=1S/C11H16N2/c1-5-9-7-10(8(3)4)13-11(9)12-6-2/h5-8H,2H2,1,3-4H3,(H,12,13)/b9-5-. The SMILES string of the molecule is C=C/N=C1/NC(C(C)C)=C/C1=C/C. The van der Waals surface area contributed by atoms with Crippen LogP contribution in [0.3, 0.4) is 0 Å². The van der Waals surface area contributed by atoms with E-state index in [2.05, 4.69) is 36.8 Å². The number of allylic oxidation sites excluding steroid dienone is 2. The van der Waals surface area contributed by atoms with Crippen LogP contribution in [0.1, 0.15) is 20.8 Å². The molecule has 0 atom stereocenters. The fourth-order valence-corrected chi connectivity index (χ4v) is 1.21. The van der Waals surface area contributed by atoms with Gasteiger partial charge in [-0.1, -0.05) is 26.5 Å². The lowest BCUT2D eigenvalue weighted by atomic mass is 10.1. The van der Waals surface area contributed by atoms with E-state index in [1.54, 1.807) is 6.20 Å². The van der Waals surface area contributed by atoms with Gasteiger partial charge in [0.2, 0.25) is 0 Å². The summed E-state index contributed by atoms with van der Waals surface area (Å²) in [5, 5.41) is 3.26. The van der Waals surface area contributed by atoms with E-state index in [1.807, 2.05) is 13.0 Å². The van der Waals surface area contributed by atoms with Crippen molar-refractivity contribution >= 4 is 5.84 Å². The first-order valence-electron chi connectivity index (χ1n) is 4.53. The summed E-state index contributed by atoms with van der Waals surface area (Å²) in [5.41, 5.74) is 2.36. The van der Waals surface area contributed by atoms with Crippen molar-refractivity contribution in [2.45, 2.75) is 20.8 Å². The van der Waals surface area contributed by atoms with Gasteiger partial charge in [-0.05, 0) is 18.9 Å². The molecule has 1 rings (SSSR count). The van der Waals surface area contributed by atoms with Gasteiger partial charge in [-0.2, -0.15) is 0 Å². The van der Waals surface area contributed by atoms with E-state index in [-0.39, 0.29) is 0 Å². The van der Waals surface area contributed by atoms with Gasteiger partial charge in [0.15, 0.2) is 0 Å². The van der Waals surface area contributed by atoms with E-state index in [1.165, 1.54) is 5.70 Å². The molecule has 1 aliphatic rings. The van der Waals surface area contributed by atoms with Crippen LogP contribution >= 0.6 is 0 Å². The summed E-state index contributed by atoms with van der Waals surface area (Å²) < 4.78 is 0. The quantitative estimate of drug-likeness (QED) is 0.687. The second-order valence-corrected chi connectivity index (χ2v) is 3.28. The lowest BCUT2D eigenvalue weighted by molar-refractivity contribution is 0.734. The third-order valence-electron chi connectivity index (χ3n) is 2.00. The Bertz CT molecular complexity index is 293. The van der Waals surface area contributed by atoms with E-state index in [0.29, 0.717) is 5.92 Å². The fraction of sp³-hybridized carbons (Fsp3) is 0.364. The molecule has 0 bridgehead atoms. The maximum Gasteiger partial charge on any atom is 0.137 e. The highest BCUT2D eigenvalue weighted by molar-refractivity contribution is 6.04. The molecule has 2 heteroatoms. The van der Waals surface area contributed by atoms with Crippen LogP contribution in [0, 0.1) is 5.92 Å². The summed E-state index contributed by atoms with van der Waals surface area (Å²) in [5.74, 6) is 1.41. The van der Waals surface area contributed by atoms with Gasteiger partial charge in [0.25, 0.3) is 0 Å². The molecule has 0 fully saturated rings. The Balaban J connectivity index is 2.92. The molecule has 1 N–H and O–H groups in total. The van der Waals surface area contributed by atoms with E-state index < -0.39 is 0 Å². The van der Waals surface area contributed by atoms with Crippen molar-refractivity contribution in [2.24, 2.45) is 10.9 Å². The highest BCUT2D eigenvalue weighted by atomic mass is 15.0. The van der Waals surface area contributed by atoms with Gasteiger partial charge in [-0.3, -0.25) is 0 Å². The Labute approximate surface area is 79.8 Å². The topological polar surface area (TPSA) is 24.4 Å². The van der Waals surface area contributed by atoms with Crippen molar-refractivity contribution in [3.8, 4) is 0 Å². The molecule has 1 aliphatic heterocycles. The average Bonchev–Trinajstić information content (AvgIpc) is 2.48. The number of amidine groups is 1. The van der Waals surface area contributed by atoms with Gasteiger partial charge in [-0.25, -0.2) is 4.99 Å². The lowest BCUT2D eigenvalue weighted by Gasteiger charge is -2.06. The van der Waals surface area contributed by atoms with Gasteiger partial charge >= 0.3 is 0 Å². The third-order valence-corrected chi connectivity index (χ3v) is 2.00. The monoisotopic (exact) mass is 176 g/mol. The molecule has 0 unspecified atom stereocenters. The number of hydrogen-bond donors (Lipinski definition) is 1. The van der Waals surface area contributed by atoms with E-state index in [9.17, 15) is 0 Å². The Morgan fingerprint density at radius 3 is 2.69 bits per heavy atom. The molecule has 13 heavy (non-hydrogen) atoms. The van der Waals surface area contributed by atoms with Crippen molar-refractivity contribution in [1.29, 1.82) is 0 Å². The number of rotatable bonds is 2. The number of hydrogen-bond acceptors (Lipinski definition) is 1. The molecule has 0 spiro atoms. The van der Waals surface area contributed by atoms with Crippen molar-refractivity contribution in [2.75, 3.05) is 0 Å². The maximum atomic E-state index is 4.16. The molecule has 0 saturated heterocycles. The maximum absolute atomic E-state index is 4.16. The minimum atomic E-state index is 0.507. The second kappa shape index (κ2) is 4.08. The van der Waals surface area contributed by atoms with Crippen molar-refractivity contribution in [1.82, 2.24) is 5.32 Å². The highest BCUT2D eigenvalue weighted by Gasteiger charge is 2.16. The molecule has 0 aromatic carbocycles. The van der Waals surface area contributed by atoms with Crippen LogP contribution in [0.2, 0.25) is 0 Å². The van der Waals surface area contributed by atoms with E-state index >= 15 is 0 Å². The molecule has 70 valence electrons. The van der Waals surface area contributed by atoms with Crippen molar-refractivity contribution in [3.63, 3.8) is 0 Å².